The molecule has 0 saturated heterocycles. The third-order valence-electron chi connectivity index (χ3n) is 10.9. The smallest absolute Gasteiger partial charge is 0.220 e. The Balaban J connectivity index is 3.46. The van der Waals surface area contributed by atoms with Gasteiger partial charge in [-0.3, -0.25) is 4.79 Å². The second-order valence-corrected chi connectivity index (χ2v) is 16.2. The Bertz CT molecular complexity index is 862. The number of nitrogens with one attached hydrogen (secondary N) is 1. The van der Waals surface area contributed by atoms with Crippen LogP contribution in [0.2, 0.25) is 0 Å². The van der Waals surface area contributed by atoms with Crippen LogP contribution in [-0.4, -0.2) is 34.9 Å². The van der Waals surface area contributed by atoms with Crippen LogP contribution in [0.3, 0.4) is 0 Å². The molecule has 0 saturated carbocycles. The summed E-state index contributed by atoms with van der Waals surface area (Å²) in [7, 11) is 0. The number of allylic oxidation sites excluding steroid dienone is 8. The van der Waals surface area contributed by atoms with Crippen molar-refractivity contribution in [1.82, 2.24) is 5.32 Å². The number of rotatable bonds is 43. The molecule has 0 aromatic heterocycles. The van der Waals surface area contributed by atoms with E-state index < -0.39 is 12.1 Å². The molecular weight excluding hydrogens is 663 g/mol. The monoisotopic (exact) mass is 756 g/mol. The van der Waals surface area contributed by atoms with E-state index in [0.717, 1.165) is 51.4 Å². The molecule has 0 rings (SSSR count). The number of carbonyl (C=O) groups excluding carboxylic acids is 1. The quantitative estimate of drug-likeness (QED) is 0.0429. The first kappa shape index (κ1) is 52.3. The van der Waals surface area contributed by atoms with Crippen molar-refractivity contribution in [1.29, 1.82) is 0 Å². The van der Waals surface area contributed by atoms with E-state index in [1.165, 1.54) is 167 Å². The number of hydrogen-bond donors (Lipinski definition) is 3. The maximum Gasteiger partial charge on any atom is 0.220 e. The summed E-state index contributed by atoms with van der Waals surface area (Å²) >= 11 is 0. The first-order valence-corrected chi connectivity index (χ1v) is 23.8. The molecule has 0 radical (unpaired) electrons. The van der Waals surface area contributed by atoms with Gasteiger partial charge in [-0.15, -0.1) is 0 Å². The summed E-state index contributed by atoms with van der Waals surface area (Å²) in [5.41, 5.74) is 0. The van der Waals surface area contributed by atoms with Crippen molar-refractivity contribution in [3.8, 4) is 0 Å². The van der Waals surface area contributed by atoms with Gasteiger partial charge in [-0.2, -0.15) is 0 Å². The highest BCUT2D eigenvalue weighted by atomic mass is 16.3. The van der Waals surface area contributed by atoms with Crippen LogP contribution >= 0.6 is 0 Å². The minimum atomic E-state index is -0.658. The second-order valence-electron chi connectivity index (χ2n) is 16.2. The maximum atomic E-state index is 12.4. The zero-order valence-corrected chi connectivity index (χ0v) is 36.2. The Kier molecular flexibility index (Phi) is 44.3. The van der Waals surface area contributed by atoms with E-state index >= 15 is 0 Å². The Hall–Kier alpha value is -1.65. The Labute approximate surface area is 337 Å². The molecule has 0 aromatic carbocycles. The van der Waals surface area contributed by atoms with Gasteiger partial charge in [0.1, 0.15) is 0 Å². The highest BCUT2D eigenvalue weighted by Gasteiger charge is 2.20. The third kappa shape index (κ3) is 41.5. The SMILES string of the molecule is CC/C=C\C/C=C\C/C=C\C/C=C\CCCCCCCCCCCCCCCCCCC(=O)NC(CO)C(O)CCCCCCCCCCCCCCC. The standard InChI is InChI=1S/C50H93NO3/c1-3-5-7-9-11-13-15-17-18-19-20-21-22-23-24-25-26-27-28-29-30-31-32-34-36-38-40-42-44-46-50(54)51-48(47-52)49(53)45-43-41-39-37-35-33-16-14-12-10-8-6-4-2/h5,7,11,13,17-18,20-21,48-49,52-53H,3-4,6,8-10,12,14-16,19,22-47H2,1-2H3,(H,51,54)/b7-5-,13-11-,18-17-,21-20-. The molecule has 0 spiro atoms. The molecule has 316 valence electrons. The zero-order valence-electron chi connectivity index (χ0n) is 36.2. The van der Waals surface area contributed by atoms with E-state index in [9.17, 15) is 15.0 Å². The molecule has 4 nitrogen and oxygen atoms in total. The lowest BCUT2D eigenvalue weighted by atomic mass is 10.0. The number of aliphatic hydroxyl groups is 2. The minimum Gasteiger partial charge on any atom is -0.394 e. The van der Waals surface area contributed by atoms with Gasteiger partial charge in [0.15, 0.2) is 0 Å². The maximum absolute atomic E-state index is 12.4. The normalized spacial score (nSPS) is 13.3. The molecule has 0 aliphatic carbocycles. The molecular formula is C50H93NO3. The van der Waals surface area contributed by atoms with Crippen LogP contribution in [0.5, 0.6) is 0 Å². The van der Waals surface area contributed by atoms with Crippen LogP contribution in [0.25, 0.3) is 0 Å². The van der Waals surface area contributed by atoms with Crippen LogP contribution in [-0.2, 0) is 4.79 Å². The van der Waals surface area contributed by atoms with Gasteiger partial charge >= 0.3 is 0 Å². The molecule has 0 fully saturated rings. The molecule has 1 amide bonds. The van der Waals surface area contributed by atoms with Gasteiger partial charge in [0.25, 0.3) is 0 Å². The predicted octanol–water partition coefficient (Wildman–Crippen LogP) is 15.1. The Morgan fingerprint density at radius 2 is 0.815 bits per heavy atom. The molecule has 2 unspecified atom stereocenters. The summed E-state index contributed by atoms with van der Waals surface area (Å²) in [6.07, 6.45) is 62.1. The lowest BCUT2D eigenvalue weighted by Crippen LogP contribution is -2.45. The second kappa shape index (κ2) is 45.7. The summed E-state index contributed by atoms with van der Waals surface area (Å²) in [5, 5.41) is 23.2. The fourth-order valence-electron chi connectivity index (χ4n) is 7.24. The summed E-state index contributed by atoms with van der Waals surface area (Å²) in [4.78, 5) is 12.4. The highest BCUT2D eigenvalue weighted by Crippen LogP contribution is 2.16. The Morgan fingerprint density at radius 1 is 0.463 bits per heavy atom. The van der Waals surface area contributed by atoms with Crippen molar-refractivity contribution in [3.05, 3.63) is 48.6 Å². The molecule has 54 heavy (non-hydrogen) atoms. The highest BCUT2D eigenvalue weighted by molar-refractivity contribution is 5.76. The van der Waals surface area contributed by atoms with Gasteiger partial charge in [-0.05, 0) is 51.4 Å². The van der Waals surface area contributed by atoms with Crippen LogP contribution in [0, 0.1) is 0 Å². The molecule has 2 atom stereocenters. The zero-order chi connectivity index (χ0) is 39.3. The average Bonchev–Trinajstić information content (AvgIpc) is 3.18. The molecule has 0 aliphatic rings. The van der Waals surface area contributed by atoms with Crippen molar-refractivity contribution in [2.75, 3.05) is 6.61 Å². The number of unbranched alkanes of at least 4 members (excludes halogenated alkanes) is 28. The molecule has 0 heterocycles. The lowest BCUT2D eigenvalue weighted by Gasteiger charge is -2.22. The van der Waals surface area contributed by atoms with Crippen molar-refractivity contribution >= 4 is 5.91 Å². The van der Waals surface area contributed by atoms with Crippen LogP contribution in [0.4, 0.5) is 0 Å². The van der Waals surface area contributed by atoms with Crippen molar-refractivity contribution in [2.24, 2.45) is 0 Å². The van der Waals surface area contributed by atoms with Gasteiger partial charge < -0.3 is 15.5 Å². The van der Waals surface area contributed by atoms with E-state index in [-0.39, 0.29) is 12.5 Å². The van der Waals surface area contributed by atoms with Crippen LogP contribution < -0.4 is 5.32 Å². The third-order valence-corrected chi connectivity index (χ3v) is 10.9. The summed E-state index contributed by atoms with van der Waals surface area (Å²) in [6, 6.07) is -0.535. The average molecular weight is 756 g/mol. The molecule has 0 bridgehead atoms. The Morgan fingerprint density at radius 3 is 1.22 bits per heavy atom. The van der Waals surface area contributed by atoms with Crippen molar-refractivity contribution in [2.45, 2.75) is 257 Å². The van der Waals surface area contributed by atoms with Gasteiger partial charge in [0.2, 0.25) is 5.91 Å². The first-order valence-electron chi connectivity index (χ1n) is 23.8. The van der Waals surface area contributed by atoms with Crippen LogP contribution in [0.15, 0.2) is 48.6 Å². The van der Waals surface area contributed by atoms with Gasteiger partial charge in [0, 0.05) is 6.42 Å². The van der Waals surface area contributed by atoms with E-state index in [0.29, 0.717) is 12.8 Å². The fourth-order valence-corrected chi connectivity index (χ4v) is 7.24. The van der Waals surface area contributed by atoms with Gasteiger partial charge in [-0.1, -0.05) is 236 Å². The lowest BCUT2D eigenvalue weighted by molar-refractivity contribution is -0.123. The van der Waals surface area contributed by atoms with Crippen molar-refractivity contribution < 1.29 is 15.0 Å². The van der Waals surface area contributed by atoms with E-state index in [1.807, 2.05) is 0 Å². The topological polar surface area (TPSA) is 69.6 Å². The largest absolute Gasteiger partial charge is 0.394 e. The molecule has 3 N–H and O–H groups in total. The number of amides is 1. The first-order chi connectivity index (χ1) is 26.7. The number of hydrogen-bond acceptors (Lipinski definition) is 3. The summed E-state index contributed by atoms with van der Waals surface area (Å²) in [5.74, 6) is -0.0313. The molecule has 0 aromatic rings. The van der Waals surface area contributed by atoms with Crippen LogP contribution in [0.1, 0.15) is 245 Å². The van der Waals surface area contributed by atoms with Gasteiger partial charge in [-0.25, -0.2) is 0 Å². The molecule has 4 heteroatoms. The summed E-state index contributed by atoms with van der Waals surface area (Å²) in [6.45, 7) is 4.25. The van der Waals surface area contributed by atoms with E-state index in [2.05, 4.69) is 67.8 Å². The summed E-state index contributed by atoms with van der Waals surface area (Å²) < 4.78 is 0. The van der Waals surface area contributed by atoms with Gasteiger partial charge in [0.05, 0.1) is 18.8 Å². The number of aliphatic hydroxyl groups excluding tert-OH is 2. The fraction of sp³-hybridized carbons (Fsp3) is 0.820. The van der Waals surface area contributed by atoms with E-state index in [4.69, 9.17) is 0 Å². The number of carbonyl (C=O) groups is 1. The van der Waals surface area contributed by atoms with Crippen molar-refractivity contribution in [3.63, 3.8) is 0 Å². The predicted molar refractivity (Wildman–Crippen MR) is 239 cm³/mol. The molecule has 0 aliphatic heterocycles. The minimum absolute atomic E-state index is 0.0313. The van der Waals surface area contributed by atoms with E-state index in [1.54, 1.807) is 0 Å².